The van der Waals surface area contributed by atoms with Crippen LogP contribution in [0.5, 0.6) is 5.75 Å². The zero-order valence-corrected chi connectivity index (χ0v) is 22.0. The van der Waals surface area contributed by atoms with Gasteiger partial charge in [0.25, 0.3) is 10.0 Å². The van der Waals surface area contributed by atoms with Crippen LogP contribution in [0.1, 0.15) is 0 Å². The number of ether oxygens (including phenoxy) is 2. The zero-order chi connectivity index (χ0) is 27.3. The maximum Gasteiger partial charge on any atom is 0.264 e. The molecular formula is C25H26FN3O7S2. The number of carbonyl (C=O) groups is 1. The van der Waals surface area contributed by atoms with Crippen LogP contribution in [0.4, 0.5) is 15.8 Å². The first-order valence-electron chi connectivity index (χ1n) is 11.5. The third kappa shape index (κ3) is 5.96. The van der Waals surface area contributed by atoms with Crippen molar-refractivity contribution in [3.63, 3.8) is 0 Å². The van der Waals surface area contributed by atoms with Crippen molar-refractivity contribution < 1.29 is 35.5 Å². The first-order valence-corrected chi connectivity index (χ1v) is 14.4. The van der Waals surface area contributed by atoms with E-state index in [9.17, 15) is 26.0 Å². The van der Waals surface area contributed by atoms with Gasteiger partial charge >= 0.3 is 0 Å². The molecule has 1 saturated heterocycles. The van der Waals surface area contributed by atoms with Crippen LogP contribution in [0.25, 0.3) is 0 Å². The predicted octanol–water partition coefficient (Wildman–Crippen LogP) is 2.69. The van der Waals surface area contributed by atoms with E-state index in [4.69, 9.17) is 9.47 Å². The molecule has 1 heterocycles. The number of rotatable bonds is 9. The topological polar surface area (TPSA) is 122 Å². The van der Waals surface area contributed by atoms with E-state index < -0.39 is 38.3 Å². The minimum Gasteiger partial charge on any atom is -0.495 e. The fourth-order valence-electron chi connectivity index (χ4n) is 3.86. The van der Waals surface area contributed by atoms with Crippen molar-refractivity contribution in [1.82, 2.24) is 4.31 Å². The van der Waals surface area contributed by atoms with E-state index >= 15 is 0 Å². The number of nitrogens with zero attached hydrogens (tertiary/aromatic N) is 2. The molecule has 0 unspecified atom stereocenters. The van der Waals surface area contributed by atoms with Gasteiger partial charge in [0, 0.05) is 18.8 Å². The number of sulfonamides is 2. The van der Waals surface area contributed by atoms with Crippen LogP contribution in [0, 0.1) is 5.82 Å². The molecule has 0 saturated carbocycles. The molecule has 0 aromatic heterocycles. The Morgan fingerprint density at radius 3 is 2.29 bits per heavy atom. The van der Waals surface area contributed by atoms with Crippen LogP contribution >= 0.6 is 0 Å². The highest BCUT2D eigenvalue weighted by atomic mass is 32.2. The SMILES string of the molecule is COc1ccc(NC(=O)CN(c2ccc(F)cc2)S(=O)(=O)c2ccccc2)cc1S(=O)(=O)N1CCOCC1. The number of hydrogen-bond acceptors (Lipinski definition) is 7. The molecule has 0 radical (unpaired) electrons. The smallest absolute Gasteiger partial charge is 0.264 e. The van der Waals surface area contributed by atoms with Crippen molar-refractivity contribution in [2.75, 3.05) is 49.6 Å². The molecule has 4 rings (SSSR count). The van der Waals surface area contributed by atoms with E-state index in [0.29, 0.717) is 0 Å². The monoisotopic (exact) mass is 563 g/mol. The van der Waals surface area contributed by atoms with Gasteiger partial charge in [0.05, 0.1) is 30.9 Å². The molecule has 1 aliphatic heterocycles. The van der Waals surface area contributed by atoms with E-state index in [2.05, 4.69) is 5.32 Å². The summed E-state index contributed by atoms with van der Waals surface area (Å²) in [6.45, 7) is 0.207. The minimum absolute atomic E-state index is 0.0551. The number of benzene rings is 3. The molecule has 0 atom stereocenters. The Morgan fingerprint density at radius 1 is 1.00 bits per heavy atom. The van der Waals surface area contributed by atoms with Crippen LogP contribution in [0.15, 0.2) is 82.6 Å². The molecule has 202 valence electrons. The largest absolute Gasteiger partial charge is 0.495 e. The molecule has 0 spiro atoms. The van der Waals surface area contributed by atoms with Gasteiger partial charge in [-0.25, -0.2) is 21.2 Å². The Bertz CT molecular complexity index is 1490. The summed E-state index contributed by atoms with van der Waals surface area (Å²) >= 11 is 0. The van der Waals surface area contributed by atoms with E-state index in [-0.39, 0.29) is 53.2 Å². The molecule has 0 bridgehead atoms. The number of carbonyl (C=O) groups excluding carboxylic acids is 1. The number of methoxy groups -OCH3 is 1. The van der Waals surface area contributed by atoms with Crippen molar-refractivity contribution >= 4 is 37.3 Å². The molecular weight excluding hydrogens is 537 g/mol. The van der Waals surface area contributed by atoms with Crippen LogP contribution in [-0.2, 0) is 29.6 Å². The van der Waals surface area contributed by atoms with Gasteiger partial charge in [0.1, 0.15) is 23.0 Å². The van der Waals surface area contributed by atoms with E-state index in [1.165, 1.54) is 53.9 Å². The molecule has 10 nitrogen and oxygen atoms in total. The standard InChI is InChI=1S/C25H26FN3O7S2/c1-35-23-12-9-20(17-24(23)38(33,34)28-13-15-36-16-14-28)27-25(30)18-29(21-10-7-19(26)8-11-21)37(31,32)22-5-3-2-4-6-22/h2-12,17H,13-16,18H2,1H3,(H,27,30). The van der Waals surface area contributed by atoms with Crippen LogP contribution in [0.3, 0.4) is 0 Å². The molecule has 1 amide bonds. The second-order valence-electron chi connectivity index (χ2n) is 8.23. The Kier molecular flexibility index (Phi) is 8.31. The van der Waals surface area contributed by atoms with Gasteiger partial charge in [0.15, 0.2) is 0 Å². The third-order valence-electron chi connectivity index (χ3n) is 5.77. The second kappa shape index (κ2) is 11.5. The lowest BCUT2D eigenvalue weighted by atomic mass is 10.3. The summed E-state index contributed by atoms with van der Waals surface area (Å²) in [5.74, 6) is -1.22. The average molecular weight is 564 g/mol. The molecule has 1 N–H and O–H groups in total. The summed E-state index contributed by atoms with van der Waals surface area (Å²) in [5, 5.41) is 2.56. The van der Waals surface area contributed by atoms with Crippen LogP contribution < -0.4 is 14.4 Å². The average Bonchev–Trinajstić information content (AvgIpc) is 2.93. The number of morpholine rings is 1. The summed E-state index contributed by atoms with van der Waals surface area (Å²) in [5.41, 5.74) is 0.203. The molecule has 38 heavy (non-hydrogen) atoms. The molecule has 1 aliphatic rings. The summed E-state index contributed by atoms with van der Waals surface area (Å²) in [4.78, 5) is 12.9. The molecule has 13 heteroatoms. The summed E-state index contributed by atoms with van der Waals surface area (Å²) in [6, 6.07) is 16.3. The van der Waals surface area contributed by atoms with Gasteiger partial charge in [-0.05, 0) is 54.6 Å². The third-order valence-corrected chi connectivity index (χ3v) is 9.48. The Morgan fingerprint density at radius 2 is 1.66 bits per heavy atom. The van der Waals surface area contributed by atoms with Gasteiger partial charge in [-0.3, -0.25) is 9.10 Å². The minimum atomic E-state index is -4.20. The Hall–Kier alpha value is -3.52. The highest BCUT2D eigenvalue weighted by Gasteiger charge is 2.30. The van der Waals surface area contributed by atoms with Gasteiger partial charge in [-0.2, -0.15) is 4.31 Å². The molecule has 3 aromatic carbocycles. The highest BCUT2D eigenvalue weighted by Crippen LogP contribution is 2.30. The van der Waals surface area contributed by atoms with Gasteiger partial charge in [0.2, 0.25) is 15.9 Å². The first kappa shape index (κ1) is 27.5. The maximum atomic E-state index is 13.5. The predicted molar refractivity (Wildman–Crippen MR) is 139 cm³/mol. The zero-order valence-electron chi connectivity index (χ0n) is 20.4. The molecule has 3 aromatic rings. The van der Waals surface area contributed by atoms with Crippen molar-refractivity contribution in [1.29, 1.82) is 0 Å². The van der Waals surface area contributed by atoms with Crippen molar-refractivity contribution in [2.24, 2.45) is 0 Å². The fourth-order valence-corrected chi connectivity index (χ4v) is 6.89. The summed E-state index contributed by atoms with van der Waals surface area (Å²) in [7, 11) is -6.82. The van der Waals surface area contributed by atoms with Crippen LogP contribution in [-0.4, -0.2) is 67.0 Å². The van der Waals surface area contributed by atoms with E-state index in [1.54, 1.807) is 18.2 Å². The molecule has 1 fully saturated rings. The summed E-state index contributed by atoms with van der Waals surface area (Å²) < 4.78 is 79.4. The number of halogens is 1. The van der Waals surface area contributed by atoms with E-state index in [0.717, 1.165) is 16.4 Å². The second-order valence-corrected chi connectivity index (χ2v) is 12.0. The Balaban J connectivity index is 1.62. The molecule has 0 aliphatic carbocycles. The first-order chi connectivity index (χ1) is 18.1. The normalized spacial score (nSPS) is 14.6. The lowest BCUT2D eigenvalue weighted by Crippen LogP contribution is -2.40. The van der Waals surface area contributed by atoms with Gasteiger partial charge < -0.3 is 14.8 Å². The van der Waals surface area contributed by atoms with Crippen molar-refractivity contribution in [3.05, 3.63) is 78.6 Å². The fraction of sp³-hybridized carbons (Fsp3) is 0.240. The van der Waals surface area contributed by atoms with Gasteiger partial charge in [-0.15, -0.1) is 0 Å². The quantitative estimate of drug-likeness (QED) is 0.425. The Labute approximate surface area is 220 Å². The number of amides is 1. The van der Waals surface area contributed by atoms with E-state index in [1.807, 2.05) is 0 Å². The lowest BCUT2D eigenvalue weighted by molar-refractivity contribution is -0.114. The number of anilines is 2. The number of hydrogen-bond donors (Lipinski definition) is 1. The van der Waals surface area contributed by atoms with Crippen molar-refractivity contribution in [3.8, 4) is 5.75 Å². The summed E-state index contributed by atoms with van der Waals surface area (Å²) in [6.07, 6.45) is 0. The lowest BCUT2D eigenvalue weighted by Gasteiger charge is -2.27. The van der Waals surface area contributed by atoms with Gasteiger partial charge in [-0.1, -0.05) is 18.2 Å². The van der Waals surface area contributed by atoms with Crippen LogP contribution in [0.2, 0.25) is 0 Å². The maximum absolute atomic E-state index is 13.5. The number of nitrogens with one attached hydrogen (secondary N) is 1. The van der Waals surface area contributed by atoms with Crippen molar-refractivity contribution in [2.45, 2.75) is 9.79 Å². The highest BCUT2D eigenvalue weighted by molar-refractivity contribution is 7.92.